The summed E-state index contributed by atoms with van der Waals surface area (Å²) in [5, 5.41) is 17.0. The molecule has 6 rings (SSSR count). The fraction of sp³-hybridized carbons (Fsp3) is 0.154. The van der Waals surface area contributed by atoms with Gasteiger partial charge in [0.15, 0.2) is 11.5 Å². The maximum absolute atomic E-state index is 9.73. The van der Waals surface area contributed by atoms with Gasteiger partial charge < -0.3 is 20.7 Å². The fourth-order valence-corrected chi connectivity index (χ4v) is 4.06. The first-order valence-electron chi connectivity index (χ1n) is 11.3. The monoisotopic (exact) mass is 500 g/mol. The third-order valence-corrected chi connectivity index (χ3v) is 6.12. The number of imidazole rings is 1. The molecule has 5 aromatic rings. The molecule has 1 aliphatic rings. The highest BCUT2D eigenvalue weighted by atomic mass is 35.5. The van der Waals surface area contributed by atoms with Gasteiger partial charge in [-0.3, -0.25) is 9.55 Å². The summed E-state index contributed by atoms with van der Waals surface area (Å²) < 4.78 is 7.64. The molecule has 0 unspecified atom stereocenters. The number of benzene rings is 1. The number of aliphatic hydroxyl groups is 2. The van der Waals surface area contributed by atoms with E-state index in [2.05, 4.69) is 9.97 Å². The molecule has 1 aromatic carbocycles. The third-order valence-electron chi connectivity index (χ3n) is 5.90. The van der Waals surface area contributed by atoms with Crippen molar-refractivity contribution in [2.45, 2.75) is 24.2 Å². The summed E-state index contributed by atoms with van der Waals surface area (Å²) in [7, 11) is 0. The average Bonchev–Trinajstić information content (AvgIpc) is 3.61. The molecule has 9 nitrogen and oxygen atoms in total. The van der Waals surface area contributed by atoms with E-state index in [0.717, 1.165) is 18.6 Å². The lowest BCUT2D eigenvalue weighted by molar-refractivity contribution is -0.0902. The van der Waals surface area contributed by atoms with E-state index in [4.69, 9.17) is 32.0 Å². The van der Waals surface area contributed by atoms with Crippen LogP contribution in [-0.4, -0.2) is 40.8 Å². The zero-order valence-electron chi connectivity index (χ0n) is 18.9. The Morgan fingerprint density at radius 2 is 1.72 bits per heavy atom. The van der Waals surface area contributed by atoms with Gasteiger partial charge in [-0.1, -0.05) is 23.7 Å². The highest BCUT2D eigenvalue weighted by molar-refractivity contribution is 6.21. The number of fused-ring (bicyclic) bond motifs is 1. The van der Waals surface area contributed by atoms with Crippen molar-refractivity contribution in [1.82, 2.24) is 24.5 Å². The van der Waals surface area contributed by atoms with Crippen LogP contribution in [-0.2, 0) is 5.25 Å². The van der Waals surface area contributed by atoms with Crippen LogP contribution in [0, 0.1) is 0 Å². The number of anilines is 1. The summed E-state index contributed by atoms with van der Waals surface area (Å²) >= 11 is 5.65. The molecular weight excluding hydrogens is 480 g/mol. The van der Waals surface area contributed by atoms with E-state index in [-0.39, 0.29) is 5.56 Å². The number of nitrogens with two attached hydrogens (primary N) is 1. The highest BCUT2D eigenvalue weighted by Crippen LogP contribution is 2.33. The van der Waals surface area contributed by atoms with Crippen LogP contribution < -0.4 is 10.5 Å². The maximum Gasteiger partial charge on any atom is 0.271 e. The van der Waals surface area contributed by atoms with Gasteiger partial charge in [0.1, 0.15) is 17.1 Å². The highest BCUT2D eigenvalue weighted by Gasteiger charge is 2.24. The van der Waals surface area contributed by atoms with Gasteiger partial charge in [0.05, 0.1) is 29.3 Å². The summed E-state index contributed by atoms with van der Waals surface area (Å²) in [4.78, 5) is 18.4. The molecule has 1 aliphatic carbocycles. The molecule has 4 aromatic heterocycles. The number of nitrogen functional groups attached to an aromatic ring is 1. The zero-order chi connectivity index (χ0) is 24.9. The lowest BCUT2D eigenvalue weighted by Gasteiger charge is -2.15. The van der Waals surface area contributed by atoms with Crippen molar-refractivity contribution in [3.05, 3.63) is 78.6 Å². The lowest BCUT2D eigenvalue weighted by Crippen LogP contribution is -2.16. The molecule has 0 atom stereocenters. The van der Waals surface area contributed by atoms with Crippen molar-refractivity contribution in [3.8, 4) is 34.2 Å². The van der Waals surface area contributed by atoms with E-state index in [0.29, 0.717) is 51.5 Å². The SMILES string of the molecule is Nc1ncccc1-c1nc2ccc(-c3ccc(OC4CC4)cn3)nc2n1-c1ccc(C(O)(O)Cl)cc1. The Labute approximate surface area is 210 Å². The maximum atomic E-state index is 9.73. The number of pyridine rings is 3. The van der Waals surface area contributed by atoms with E-state index in [1.165, 1.54) is 12.1 Å². The first-order chi connectivity index (χ1) is 17.4. The van der Waals surface area contributed by atoms with Crippen LogP contribution in [0.15, 0.2) is 73.1 Å². The summed E-state index contributed by atoms with van der Waals surface area (Å²) in [6.07, 6.45) is 5.78. The van der Waals surface area contributed by atoms with Gasteiger partial charge in [-0.2, -0.15) is 0 Å². The molecule has 0 bridgehead atoms. The number of rotatable bonds is 6. The Morgan fingerprint density at radius 1 is 0.944 bits per heavy atom. The van der Waals surface area contributed by atoms with Gasteiger partial charge in [0.25, 0.3) is 5.25 Å². The molecule has 4 heterocycles. The molecule has 1 fully saturated rings. The Morgan fingerprint density at radius 3 is 2.39 bits per heavy atom. The predicted octanol–water partition coefficient (Wildman–Crippen LogP) is 4.00. The zero-order valence-corrected chi connectivity index (χ0v) is 19.7. The van der Waals surface area contributed by atoms with Crippen molar-refractivity contribution in [1.29, 1.82) is 0 Å². The number of ether oxygens (including phenoxy) is 1. The Balaban J connectivity index is 1.49. The summed E-state index contributed by atoms with van der Waals surface area (Å²) in [6.45, 7) is 0. The first kappa shape index (κ1) is 22.4. The van der Waals surface area contributed by atoms with Crippen LogP contribution in [0.4, 0.5) is 5.82 Å². The Hall–Kier alpha value is -4.05. The molecule has 0 spiro atoms. The van der Waals surface area contributed by atoms with Gasteiger partial charge in [-0.25, -0.2) is 15.0 Å². The van der Waals surface area contributed by atoms with Crippen LogP contribution in [0.1, 0.15) is 18.4 Å². The van der Waals surface area contributed by atoms with Crippen molar-refractivity contribution >= 4 is 28.6 Å². The smallest absolute Gasteiger partial charge is 0.271 e. The van der Waals surface area contributed by atoms with Crippen molar-refractivity contribution < 1.29 is 14.9 Å². The van der Waals surface area contributed by atoms with Gasteiger partial charge in [-0.05, 0) is 61.4 Å². The van der Waals surface area contributed by atoms with E-state index in [9.17, 15) is 10.2 Å². The molecule has 0 radical (unpaired) electrons. The molecule has 1 saturated carbocycles. The van der Waals surface area contributed by atoms with Gasteiger partial charge in [0, 0.05) is 17.4 Å². The van der Waals surface area contributed by atoms with Gasteiger partial charge in [-0.15, -0.1) is 0 Å². The summed E-state index contributed by atoms with van der Waals surface area (Å²) in [5.74, 6) is 1.61. The van der Waals surface area contributed by atoms with E-state index in [1.807, 2.05) is 34.9 Å². The van der Waals surface area contributed by atoms with Crippen LogP contribution in [0.25, 0.3) is 39.6 Å². The fourth-order valence-electron chi connectivity index (χ4n) is 3.93. The second-order valence-corrected chi connectivity index (χ2v) is 9.10. The van der Waals surface area contributed by atoms with E-state index in [1.54, 1.807) is 30.6 Å². The minimum absolute atomic E-state index is 0.131. The number of halogens is 1. The molecule has 10 heteroatoms. The topological polar surface area (TPSA) is 132 Å². The number of alkyl halides is 1. The Kier molecular flexibility index (Phi) is 5.33. The second kappa shape index (κ2) is 8.56. The van der Waals surface area contributed by atoms with Crippen molar-refractivity contribution in [3.63, 3.8) is 0 Å². The largest absolute Gasteiger partial charge is 0.489 e. The molecule has 0 saturated heterocycles. The van der Waals surface area contributed by atoms with Crippen molar-refractivity contribution in [2.75, 3.05) is 5.73 Å². The standard InChI is InChI=1S/C26H21ClN6O3/c27-26(34,35)15-3-5-16(6-4-15)33-24(19-2-1-13-29-23(19)28)32-22-12-11-21(31-25(22)33)20-10-9-18(14-30-20)36-17-7-8-17/h1-6,9-14,17,34-35H,7-8H2,(H2,28,29). The van der Waals surface area contributed by atoms with Gasteiger partial charge >= 0.3 is 0 Å². The molecule has 0 amide bonds. The molecule has 180 valence electrons. The number of hydrogen-bond donors (Lipinski definition) is 3. The minimum Gasteiger partial charge on any atom is -0.489 e. The van der Waals surface area contributed by atoms with Crippen LogP contribution >= 0.6 is 11.6 Å². The first-order valence-corrected chi connectivity index (χ1v) is 11.7. The van der Waals surface area contributed by atoms with E-state index >= 15 is 0 Å². The summed E-state index contributed by atoms with van der Waals surface area (Å²) in [5.41, 5.74) is 10.2. The minimum atomic E-state index is -2.47. The summed E-state index contributed by atoms with van der Waals surface area (Å²) in [6, 6.07) is 17.6. The van der Waals surface area contributed by atoms with Crippen molar-refractivity contribution in [2.24, 2.45) is 0 Å². The molecule has 4 N–H and O–H groups in total. The quantitative estimate of drug-likeness (QED) is 0.235. The molecular formula is C26H21ClN6O3. The molecule has 0 aliphatic heterocycles. The average molecular weight is 501 g/mol. The number of hydrogen-bond acceptors (Lipinski definition) is 8. The van der Waals surface area contributed by atoms with Gasteiger partial charge in [0.2, 0.25) is 0 Å². The van der Waals surface area contributed by atoms with Crippen LogP contribution in [0.5, 0.6) is 5.75 Å². The lowest BCUT2D eigenvalue weighted by atomic mass is 10.2. The molecule has 36 heavy (non-hydrogen) atoms. The normalized spacial score (nSPS) is 13.8. The Bertz CT molecular complexity index is 1560. The van der Waals surface area contributed by atoms with Crippen LogP contribution in [0.3, 0.4) is 0 Å². The second-order valence-electron chi connectivity index (χ2n) is 8.58. The third kappa shape index (κ3) is 4.24. The number of aromatic nitrogens is 5. The van der Waals surface area contributed by atoms with Crippen LogP contribution in [0.2, 0.25) is 0 Å². The van der Waals surface area contributed by atoms with E-state index < -0.39 is 5.25 Å². The predicted molar refractivity (Wildman–Crippen MR) is 135 cm³/mol. The number of nitrogens with zero attached hydrogens (tertiary/aromatic N) is 5.